The molecule has 0 saturated heterocycles. The third-order valence-electron chi connectivity index (χ3n) is 3.23. The molecule has 1 N–H and O–H groups in total. The predicted molar refractivity (Wildman–Crippen MR) is 75.9 cm³/mol. The minimum atomic E-state index is -0.436. The Morgan fingerprint density at radius 1 is 1.14 bits per heavy atom. The van der Waals surface area contributed by atoms with Crippen LogP contribution in [0, 0.1) is 5.82 Å². The molecule has 0 unspecified atom stereocenters. The van der Waals surface area contributed by atoms with Crippen molar-refractivity contribution in [3.05, 3.63) is 53.8 Å². The smallest absolute Gasteiger partial charge is 0.231 e. The van der Waals surface area contributed by atoms with Crippen LogP contribution in [0.1, 0.15) is 12.0 Å². The highest BCUT2D eigenvalue weighted by Crippen LogP contribution is 2.32. The van der Waals surface area contributed by atoms with E-state index in [-0.39, 0.29) is 24.8 Å². The van der Waals surface area contributed by atoms with Crippen LogP contribution in [0.3, 0.4) is 0 Å². The summed E-state index contributed by atoms with van der Waals surface area (Å²) >= 11 is 0. The zero-order valence-electron chi connectivity index (χ0n) is 11.3. The summed E-state index contributed by atoms with van der Waals surface area (Å²) in [6, 6.07) is 11.7. The molecular formula is C16H14FNO3. The molecule has 0 aromatic heterocycles. The summed E-state index contributed by atoms with van der Waals surface area (Å²) in [4.78, 5) is 11.8. The van der Waals surface area contributed by atoms with Crippen molar-refractivity contribution in [2.75, 3.05) is 12.1 Å². The Kier molecular flexibility index (Phi) is 3.73. The molecule has 0 atom stereocenters. The van der Waals surface area contributed by atoms with Gasteiger partial charge in [0.1, 0.15) is 5.82 Å². The van der Waals surface area contributed by atoms with E-state index in [1.807, 2.05) is 18.2 Å². The molecule has 0 bridgehead atoms. The number of para-hydroxylation sites is 1. The van der Waals surface area contributed by atoms with Crippen LogP contribution in [0.5, 0.6) is 11.5 Å². The minimum absolute atomic E-state index is 0.202. The Morgan fingerprint density at radius 2 is 1.95 bits per heavy atom. The minimum Gasteiger partial charge on any atom is -0.454 e. The van der Waals surface area contributed by atoms with Crippen molar-refractivity contribution in [3.8, 4) is 11.5 Å². The molecule has 1 aliphatic heterocycles. The molecular weight excluding hydrogens is 273 g/mol. The molecule has 5 heteroatoms. The fraction of sp³-hybridized carbons (Fsp3) is 0.188. The van der Waals surface area contributed by atoms with Gasteiger partial charge < -0.3 is 14.8 Å². The summed E-state index contributed by atoms with van der Waals surface area (Å²) in [6.07, 6.45) is 0.824. The molecule has 1 amide bonds. The number of nitrogens with one attached hydrogen (secondary N) is 1. The number of carbonyl (C=O) groups is 1. The molecule has 21 heavy (non-hydrogen) atoms. The number of halogens is 1. The number of benzene rings is 2. The van der Waals surface area contributed by atoms with Gasteiger partial charge in [-0.05, 0) is 36.2 Å². The van der Waals surface area contributed by atoms with Gasteiger partial charge in [0.05, 0.1) is 5.69 Å². The average Bonchev–Trinajstić information content (AvgIpc) is 2.95. The highest BCUT2D eigenvalue weighted by atomic mass is 19.1. The second kappa shape index (κ2) is 5.83. The molecule has 108 valence electrons. The van der Waals surface area contributed by atoms with E-state index in [0.717, 1.165) is 11.3 Å². The normalized spacial score (nSPS) is 12.2. The molecule has 0 radical (unpaired) electrons. The highest BCUT2D eigenvalue weighted by molar-refractivity contribution is 5.90. The topological polar surface area (TPSA) is 47.6 Å². The fourth-order valence-electron chi connectivity index (χ4n) is 2.13. The lowest BCUT2D eigenvalue weighted by atomic mass is 10.1. The van der Waals surface area contributed by atoms with E-state index in [2.05, 4.69) is 5.32 Å². The molecule has 3 rings (SSSR count). The Bertz CT molecular complexity index is 672. The van der Waals surface area contributed by atoms with Gasteiger partial charge in [0.25, 0.3) is 0 Å². The third-order valence-corrected chi connectivity index (χ3v) is 3.23. The van der Waals surface area contributed by atoms with E-state index in [9.17, 15) is 9.18 Å². The molecule has 0 aliphatic carbocycles. The molecule has 2 aromatic carbocycles. The van der Waals surface area contributed by atoms with Crippen LogP contribution in [0.2, 0.25) is 0 Å². The lowest BCUT2D eigenvalue weighted by Gasteiger charge is -2.06. The summed E-state index contributed by atoms with van der Waals surface area (Å²) in [5.41, 5.74) is 1.18. The largest absolute Gasteiger partial charge is 0.454 e. The van der Waals surface area contributed by atoms with Gasteiger partial charge >= 0.3 is 0 Å². The van der Waals surface area contributed by atoms with E-state index >= 15 is 0 Å². The van der Waals surface area contributed by atoms with Gasteiger partial charge in [-0.25, -0.2) is 4.39 Å². The number of fused-ring (bicyclic) bond motifs is 1. The number of carbonyl (C=O) groups excluding carboxylic acids is 1. The monoisotopic (exact) mass is 287 g/mol. The van der Waals surface area contributed by atoms with E-state index in [1.165, 1.54) is 12.1 Å². The van der Waals surface area contributed by atoms with Crippen LogP contribution in [0.25, 0.3) is 0 Å². The number of anilines is 1. The molecule has 0 saturated carbocycles. The van der Waals surface area contributed by atoms with Crippen molar-refractivity contribution in [2.24, 2.45) is 0 Å². The van der Waals surface area contributed by atoms with Crippen LogP contribution in [0.4, 0.5) is 10.1 Å². The van der Waals surface area contributed by atoms with E-state index in [1.54, 1.807) is 12.1 Å². The summed E-state index contributed by atoms with van der Waals surface area (Å²) in [6.45, 7) is 0.229. The van der Waals surface area contributed by atoms with Gasteiger partial charge in [0.2, 0.25) is 12.7 Å². The zero-order chi connectivity index (χ0) is 14.7. The van der Waals surface area contributed by atoms with Crippen LogP contribution >= 0.6 is 0 Å². The second-order valence-corrected chi connectivity index (χ2v) is 4.72. The zero-order valence-corrected chi connectivity index (χ0v) is 11.3. The standard InChI is InChI=1S/C16H14FNO3/c17-12-3-1-2-4-13(12)18-16(19)8-6-11-5-7-14-15(9-11)21-10-20-14/h1-5,7,9H,6,8,10H2,(H,18,19). The Morgan fingerprint density at radius 3 is 2.81 bits per heavy atom. The van der Waals surface area contributed by atoms with Crippen LogP contribution in [0.15, 0.2) is 42.5 Å². The first-order valence-electron chi connectivity index (χ1n) is 6.65. The Hall–Kier alpha value is -2.56. The maximum Gasteiger partial charge on any atom is 0.231 e. The van der Waals surface area contributed by atoms with Crippen molar-refractivity contribution >= 4 is 11.6 Å². The first kappa shape index (κ1) is 13.4. The highest BCUT2D eigenvalue weighted by Gasteiger charge is 2.13. The summed E-state index contributed by atoms with van der Waals surface area (Å²) in [5, 5.41) is 2.56. The van der Waals surface area contributed by atoms with Crippen molar-refractivity contribution in [2.45, 2.75) is 12.8 Å². The van der Waals surface area contributed by atoms with Crippen molar-refractivity contribution in [1.29, 1.82) is 0 Å². The number of amides is 1. The quantitative estimate of drug-likeness (QED) is 0.939. The maximum absolute atomic E-state index is 13.4. The number of hydrogen-bond acceptors (Lipinski definition) is 3. The Balaban J connectivity index is 1.58. The first-order chi connectivity index (χ1) is 10.2. The molecule has 4 nitrogen and oxygen atoms in total. The second-order valence-electron chi connectivity index (χ2n) is 4.72. The van der Waals surface area contributed by atoms with Gasteiger partial charge in [-0.2, -0.15) is 0 Å². The number of aryl methyl sites for hydroxylation is 1. The van der Waals surface area contributed by atoms with Crippen LogP contribution < -0.4 is 14.8 Å². The van der Waals surface area contributed by atoms with E-state index in [0.29, 0.717) is 12.2 Å². The van der Waals surface area contributed by atoms with Gasteiger partial charge in [0, 0.05) is 6.42 Å². The van der Waals surface area contributed by atoms with Gasteiger partial charge in [-0.1, -0.05) is 18.2 Å². The maximum atomic E-state index is 13.4. The average molecular weight is 287 g/mol. The summed E-state index contributed by atoms with van der Waals surface area (Å²) in [5.74, 6) is 0.753. The van der Waals surface area contributed by atoms with Crippen LogP contribution in [-0.2, 0) is 11.2 Å². The first-order valence-corrected chi connectivity index (χ1v) is 6.65. The van der Waals surface area contributed by atoms with Gasteiger partial charge in [0.15, 0.2) is 11.5 Å². The SMILES string of the molecule is O=C(CCc1ccc2c(c1)OCO2)Nc1ccccc1F. The van der Waals surface area contributed by atoms with Gasteiger partial charge in [-0.3, -0.25) is 4.79 Å². The van der Waals surface area contributed by atoms with E-state index in [4.69, 9.17) is 9.47 Å². The number of rotatable bonds is 4. The fourth-order valence-corrected chi connectivity index (χ4v) is 2.13. The van der Waals surface area contributed by atoms with Crippen LogP contribution in [-0.4, -0.2) is 12.7 Å². The summed E-state index contributed by atoms with van der Waals surface area (Å²) < 4.78 is 23.9. The molecule has 1 aliphatic rings. The molecule has 1 heterocycles. The Labute approximate surface area is 121 Å². The van der Waals surface area contributed by atoms with E-state index < -0.39 is 5.82 Å². The van der Waals surface area contributed by atoms with Crippen molar-refractivity contribution in [3.63, 3.8) is 0 Å². The summed E-state index contributed by atoms with van der Waals surface area (Å²) in [7, 11) is 0. The third kappa shape index (κ3) is 3.13. The molecule has 0 spiro atoms. The van der Waals surface area contributed by atoms with Crippen molar-refractivity contribution < 1.29 is 18.7 Å². The van der Waals surface area contributed by atoms with Gasteiger partial charge in [-0.15, -0.1) is 0 Å². The molecule has 2 aromatic rings. The molecule has 0 fully saturated rings. The van der Waals surface area contributed by atoms with Crippen molar-refractivity contribution in [1.82, 2.24) is 0 Å². The predicted octanol–water partition coefficient (Wildman–Crippen LogP) is 3.13. The number of ether oxygens (including phenoxy) is 2. The number of hydrogen-bond donors (Lipinski definition) is 1. The lowest BCUT2D eigenvalue weighted by molar-refractivity contribution is -0.116. The lowest BCUT2D eigenvalue weighted by Crippen LogP contribution is -2.13.